The molecule has 0 nitrogen and oxygen atoms in total. The van der Waals surface area contributed by atoms with Crippen molar-refractivity contribution in [3.05, 3.63) is 207 Å². The Morgan fingerprint density at radius 1 is 0.405 bits per heavy atom. The minimum atomic E-state index is 0. The van der Waals surface area contributed by atoms with Crippen molar-refractivity contribution in [2.45, 2.75) is 12.8 Å². The molecule has 0 saturated carbocycles. The van der Waals surface area contributed by atoms with Crippen LogP contribution in [-0.2, 0) is 36.2 Å². The van der Waals surface area contributed by atoms with Crippen molar-refractivity contribution >= 4 is 6.88 Å². The molecule has 6 aromatic rings. The van der Waals surface area contributed by atoms with Crippen LogP contribution in [0.5, 0.6) is 0 Å². The summed E-state index contributed by atoms with van der Waals surface area (Å²) in [6.07, 6.45) is 2.10. The normalized spacial score (nSPS) is 9.98. The number of benzene rings is 6. The van der Waals surface area contributed by atoms with Crippen LogP contribution in [0.25, 0.3) is 22.3 Å². The Balaban J connectivity index is 0.000000200. The molecule has 0 bridgehead atoms. The molecule has 208 valence electrons. The smallest absolute Gasteiger partial charge is 0.0253 e. The summed E-state index contributed by atoms with van der Waals surface area (Å²) in [6, 6.07) is 61.2. The van der Waals surface area contributed by atoms with Gasteiger partial charge in [-0.3, -0.25) is 0 Å². The monoisotopic (exact) mass is 632 g/mol. The van der Waals surface area contributed by atoms with Gasteiger partial charge in [-0.05, 0) is 12.8 Å². The first kappa shape index (κ1) is 34.6. The maximum atomic E-state index is 3.30. The predicted molar refractivity (Wildman–Crippen MR) is 176 cm³/mol. The van der Waals surface area contributed by atoms with Crippen LogP contribution in [0, 0.1) is 39.1 Å². The standard InChI is InChI=1S/2C13H9.2C6H5.2CH3.Si.Zr/c2*1-3-7-12-10(5-1)9-11-6-2-4-8-13(11)12;2*1-2-4-6-5-3-1;;;;/h2*1-5,7-8H,9H2;2*1-5H;2*1H3;;/q6*-1;;. The molecule has 0 unspecified atom stereocenters. The molecular formula is C40H34SiZr-6. The molecule has 6 aromatic carbocycles. The number of hydrogen-bond acceptors (Lipinski definition) is 0. The van der Waals surface area contributed by atoms with Gasteiger partial charge in [-0.2, -0.15) is 132 Å². The molecule has 8 rings (SSSR count). The molecule has 2 heteroatoms. The molecule has 2 radical (unpaired) electrons. The van der Waals surface area contributed by atoms with E-state index in [1.807, 2.05) is 72.8 Å². The Morgan fingerprint density at radius 2 is 0.762 bits per heavy atom. The molecule has 2 aliphatic rings. The van der Waals surface area contributed by atoms with Crippen LogP contribution < -0.4 is 0 Å². The zero-order chi connectivity index (χ0) is 27.8. The third-order valence-electron chi connectivity index (χ3n) is 6.45. The van der Waals surface area contributed by atoms with Crippen LogP contribution in [0.1, 0.15) is 22.3 Å². The summed E-state index contributed by atoms with van der Waals surface area (Å²) in [5, 5.41) is 0. The van der Waals surface area contributed by atoms with Gasteiger partial charge >= 0.3 is 30.2 Å². The van der Waals surface area contributed by atoms with E-state index in [1.54, 1.807) is 0 Å². The summed E-state index contributed by atoms with van der Waals surface area (Å²) in [7, 11) is 0. The Kier molecular flexibility index (Phi) is 16.1. The van der Waals surface area contributed by atoms with Gasteiger partial charge < -0.3 is 14.9 Å². The van der Waals surface area contributed by atoms with Gasteiger partial charge in [-0.25, -0.2) is 0 Å². The Bertz CT molecular complexity index is 1320. The van der Waals surface area contributed by atoms with Gasteiger partial charge in [0.15, 0.2) is 0 Å². The molecule has 0 heterocycles. The molecule has 0 N–H and O–H groups in total. The average molecular weight is 634 g/mol. The van der Waals surface area contributed by atoms with Crippen molar-refractivity contribution in [1.82, 2.24) is 0 Å². The Labute approximate surface area is 270 Å². The van der Waals surface area contributed by atoms with E-state index in [4.69, 9.17) is 0 Å². The van der Waals surface area contributed by atoms with Gasteiger partial charge in [0, 0.05) is 0 Å². The molecule has 0 aromatic heterocycles. The summed E-state index contributed by atoms with van der Waals surface area (Å²) >= 11 is 1.36. The molecule has 2 aliphatic carbocycles. The minimum Gasteiger partial charge on any atom is -0.184 e. The van der Waals surface area contributed by atoms with Crippen LogP contribution in [-0.4, -0.2) is 6.88 Å². The first-order valence-corrected chi connectivity index (χ1v) is 17.3. The maximum absolute atomic E-state index is 3.30. The van der Waals surface area contributed by atoms with E-state index >= 15 is 0 Å². The van der Waals surface area contributed by atoms with Crippen LogP contribution >= 0.6 is 0 Å². The molecule has 0 spiro atoms. The van der Waals surface area contributed by atoms with Crippen LogP contribution in [0.4, 0.5) is 0 Å². The fourth-order valence-electron chi connectivity index (χ4n) is 4.68. The van der Waals surface area contributed by atoms with Gasteiger partial charge in [-0.1, -0.05) is 70.8 Å². The molecule has 0 saturated heterocycles. The summed E-state index contributed by atoms with van der Waals surface area (Å²) in [6.45, 7) is 3.06. The number of rotatable bonds is 0. The van der Waals surface area contributed by atoms with Crippen LogP contribution in [0.3, 0.4) is 0 Å². The largest absolute Gasteiger partial charge is 0.184 e. The quantitative estimate of drug-likeness (QED) is 0.115. The van der Waals surface area contributed by atoms with Gasteiger partial charge in [0.05, 0.1) is 0 Å². The van der Waals surface area contributed by atoms with Crippen molar-refractivity contribution < 1.29 is 23.3 Å². The molecule has 42 heavy (non-hydrogen) atoms. The maximum Gasteiger partial charge on any atom is -0.0253 e. The van der Waals surface area contributed by atoms with E-state index in [9.17, 15) is 0 Å². The second-order valence-corrected chi connectivity index (χ2v) is 8.95. The zero-order valence-corrected chi connectivity index (χ0v) is 27.7. The second kappa shape index (κ2) is 19.5. The number of hydrogen-bond donors (Lipinski definition) is 0. The molecular weight excluding hydrogens is 600 g/mol. The summed E-state index contributed by atoms with van der Waals surface area (Å²) in [4.78, 5) is 0. The molecule has 0 atom stereocenters. The van der Waals surface area contributed by atoms with Crippen molar-refractivity contribution in [3.8, 4) is 22.3 Å². The van der Waals surface area contributed by atoms with Gasteiger partial charge in [0.25, 0.3) is 0 Å². The van der Waals surface area contributed by atoms with Gasteiger partial charge in [0.1, 0.15) is 0 Å². The van der Waals surface area contributed by atoms with Crippen molar-refractivity contribution in [2.75, 3.05) is 0 Å². The third-order valence-corrected chi connectivity index (χ3v) is 6.45. The van der Waals surface area contributed by atoms with Gasteiger partial charge in [0.2, 0.25) is 0 Å². The summed E-state index contributed by atoms with van der Waals surface area (Å²) in [5.74, 6) is 0. The Morgan fingerprint density at radius 3 is 1.10 bits per heavy atom. The van der Waals surface area contributed by atoms with Crippen molar-refractivity contribution in [1.29, 1.82) is 0 Å². The zero-order valence-electron chi connectivity index (χ0n) is 24.3. The van der Waals surface area contributed by atoms with Crippen molar-refractivity contribution in [2.24, 2.45) is 0 Å². The van der Waals surface area contributed by atoms with E-state index in [0.717, 1.165) is 12.8 Å². The molecule has 0 fully saturated rings. The fourth-order valence-corrected chi connectivity index (χ4v) is 4.68. The molecule has 0 amide bonds. The van der Waals surface area contributed by atoms with Gasteiger partial charge in [-0.15, -0.1) is 11.1 Å². The second-order valence-electron chi connectivity index (χ2n) is 8.95. The summed E-state index contributed by atoms with van der Waals surface area (Å²) in [5.41, 5.74) is 11.0. The first-order chi connectivity index (χ1) is 19.9. The van der Waals surface area contributed by atoms with Crippen LogP contribution in [0.2, 0.25) is 0 Å². The fraction of sp³-hybridized carbons (Fsp3) is 0.0500. The van der Waals surface area contributed by atoms with E-state index in [1.165, 1.54) is 67.8 Å². The number of fused-ring (bicyclic) bond motifs is 6. The van der Waals surface area contributed by atoms with Crippen LogP contribution in [0.15, 0.2) is 146 Å². The average Bonchev–Trinajstić information content (AvgIpc) is 3.63. The molecule has 0 aliphatic heterocycles. The summed E-state index contributed by atoms with van der Waals surface area (Å²) < 4.78 is 0. The predicted octanol–water partition coefficient (Wildman–Crippen LogP) is 9.61. The topological polar surface area (TPSA) is 0 Å². The van der Waals surface area contributed by atoms with E-state index in [2.05, 4.69) is 104 Å². The van der Waals surface area contributed by atoms with E-state index in [0.29, 0.717) is 0 Å². The third kappa shape index (κ3) is 9.76. The Hall–Kier alpha value is -3.58. The first-order valence-electron chi connectivity index (χ1n) is 13.1. The van der Waals surface area contributed by atoms with E-state index < -0.39 is 0 Å². The minimum absolute atomic E-state index is 0. The van der Waals surface area contributed by atoms with E-state index in [-0.39, 0.29) is 14.9 Å². The van der Waals surface area contributed by atoms with Crippen molar-refractivity contribution in [3.63, 3.8) is 0 Å². The SMILES string of the molecule is [CH3-].[CH3-].[Si]=[Zr].[c-]1cccc2c1Cc1ccccc1-2.[c-]1cccc2c1Cc1ccccc1-2.[c-]1ccccc1.[c-]1ccccc1.